The maximum Gasteiger partial charge on any atom is 0.160 e. The number of fused-ring (bicyclic) bond motifs is 9. The fourth-order valence-electron chi connectivity index (χ4n) is 7.99. The molecule has 0 radical (unpaired) electrons. The fraction of sp³-hybridized carbons (Fsp3) is 0. The quantitative estimate of drug-likeness (QED) is 0.178. The predicted molar refractivity (Wildman–Crippen MR) is 227 cm³/mol. The Balaban J connectivity index is 1.19. The highest BCUT2D eigenvalue weighted by Gasteiger charge is 2.24. The van der Waals surface area contributed by atoms with E-state index in [1.165, 1.54) is 64.0 Å². The molecule has 0 fully saturated rings. The molecule has 3 heteroatoms. The number of benzene rings is 9. The Bertz CT molecular complexity index is 3170. The van der Waals surface area contributed by atoms with Crippen molar-refractivity contribution in [2.24, 2.45) is 0 Å². The second kappa shape index (κ2) is 11.9. The molecule has 0 atom stereocenters. The zero-order valence-electron chi connectivity index (χ0n) is 28.7. The van der Waals surface area contributed by atoms with E-state index in [0.29, 0.717) is 0 Å². The summed E-state index contributed by atoms with van der Waals surface area (Å²) in [5, 5.41) is 9.68. The molecule has 0 aliphatic rings. The summed E-state index contributed by atoms with van der Waals surface area (Å²) in [7, 11) is 0. The number of thiophene rings is 1. The molecule has 0 bridgehead atoms. The third-order valence-corrected chi connectivity index (χ3v) is 11.8. The first kappa shape index (κ1) is 30.0. The molecule has 53 heavy (non-hydrogen) atoms. The second-order valence-electron chi connectivity index (χ2n) is 13.7. The van der Waals surface area contributed by atoms with E-state index in [2.05, 4.69) is 193 Å². The number of hydrogen-bond acceptors (Lipinski definition) is 3. The van der Waals surface area contributed by atoms with E-state index in [-0.39, 0.29) is 0 Å². The van der Waals surface area contributed by atoms with Gasteiger partial charge in [-0.25, -0.2) is 0 Å². The molecular formula is C50H31NOS. The molecule has 0 saturated carbocycles. The van der Waals surface area contributed by atoms with E-state index in [9.17, 15) is 0 Å². The lowest BCUT2D eigenvalue weighted by molar-refractivity contribution is 0.669. The van der Waals surface area contributed by atoms with Gasteiger partial charge in [-0.05, 0) is 98.4 Å². The van der Waals surface area contributed by atoms with Crippen molar-refractivity contribution in [3.63, 3.8) is 0 Å². The van der Waals surface area contributed by atoms with Crippen LogP contribution in [0.2, 0.25) is 0 Å². The molecule has 0 saturated heterocycles. The van der Waals surface area contributed by atoms with Gasteiger partial charge in [0.25, 0.3) is 0 Å². The third-order valence-electron chi connectivity index (χ3n) is 10.6. The minimum Gasteiger partial charge on any atom is -0.454 e. The summed E-state index contributed by atoms with van der Waals surface area (Å²) in [5.41, 5.74) is 9.75. The van der Waals surface area contributed by atoms with Crippen LogP contribution in [-0.4, -0.2) is 0 Å². The minimum atomic E-state index is 0.889. The first-order valence-electron chi connectivity index (χ1n) is 18.0. The number of para-hydroxylation sites is 1. The van der Waals surface area contributed by atoms with Crippen molar-refractivity contribution in [2.45, 2.75) is 0 Å². The molecule has 2 heterocycles. The lowest BCUT2D eigenvalue weighted by Gasteiger charge is -2.26. The van der Waals surface area contributed by atoms with E-state index in [0.717, 1.165) is 39.0 Å². The van der Waals surface area contributed by atoms with Gasteiger partial charge >= 0.3 is 0 Å². The molecule has 0 aliphatic carbocycles. The van der Waals surface area contributed by atoms with Gasteiger partial charge in [0.15, 0.2) is 5.58 Å². The predicted octanol–water partition coefficient (Wildman–Crippen LogP) is 15.1. The highest BCUT2D eigenvalue weighted by atomic mass is 32.1. The van der Waals surface area contributed by atoms with Crippen LogP contribution in [0.1, 0.15) is 0 Å². The van der Waals surface area contributed by atoms with Gasteiger partial charge in [-0.3, -0.25) is 0 Å². The SMILES string of the molecule is c1ccc(-c2ccc(N(c3ccc4ccccc4c3)c3cc4c5cc(-c6ccc7ccccc7c6)ccc5sc4c4c3oc3ccccc34)cc2)cc1. The Morgan fingerprint density at radius 1 is 0.396 bits per heavy atom. The van der Waals surface area contributed by atoms with E-state index in [1.807, 2.05) is 11.3 Å². The first-order valence-corrected chi connectivity index (χ1v) is 18.8. The Hall–Kier alpha value is -6.68. The van der Waals surface area contributed by atoms with Crippen molar-refractivity contribution in [3.8, 4) is 22.3 Å². The van der Waals surface area contributed by atoms with E-state index < -0.39 is 0 Å². The maximum absolute atomic E-state index is 6.89. The zero-order chi connectivity index (χ0) is 34.9. The number of furan rings is 1. The van der Waals surface area contributed by atoms with E-state index in [1.54, 1.807) is 0 Å². The minimum absolute atomic E-state index is 0.889. The van der Waals surface area contributed by atoms with Crippen LogP contribution >= 0.6 is 11.3 Å². The van der Waals surface area contributed by atoms with Gasteiger partial charge in [0.05, 0.1) is 5.69 Å². The number of rotatable bonds is 5. The molecule has 0 amide bonds. The molecular weight excluding hydrogens is 663 g/mol. The monoisotopic (exact) mass is 693 g/mol. The first-order chi connectivity index (χ1) is 26.2. The summed E-state index contributed by atoms with van der Waals surface area (Å²) in [6.45, 7) is 0. The summed E-state index contributed by atoms with van der Waals surface area (Å²) < 4.78 is 9.40. The Labute approximate surface area is 310 Å². The molecule has 0 aliphatic heterocycles. The molecule has 9 aromatic carbocycles. The normalized spacial score (nSPS) is 11.8. The van der Waals surface area contributed by atoms with E-state index >= 15 is 0 Å². The lowest BCUT2D eigenvalue weighted by Crippen LogP contribution is -2.10. The summed E-state index contributed by atoms with van der Waals surface area (Å²) >= 11 is 1.85. The Morgan fingerprint density at radius 2 is 1.00 bits per heavy atom. The van der Waals surface area contributed by atoms with Crippen LogP contribution in [-0.2, 0) is 0 Å². The summed E-state index contributed by atoms with van der Waals surface area (Å²) in [6, 6.07) is 67.9. The van der Waals surface area contributed by atoms with Crippen LogP contribution in [0.25, 0.3) is 85.9 Å². The van der Waals surface area contributed by atoms with Crippen molar-refractivity contribution in [3.05, 3.63) is 188 Å². The Kier molecular flexibility index (Phi) is 6.76. The van der Waals surface area contributed by atoms with E-state index in [4.69, 9.17) is 4.42 Å². The smallest absolute Gasteiger partial charge is 0.160 e. The highest BCUT2D eigenvalue weighted by Crippen LogP contribution is 2.50. The van der Waals surface area contributed by atoms with Gasteiger partial charge in [-0.15, -0.1) is 11.3 Å². The van der Waals surface area contributed by atoms with Crippen LogP contribution < -0.4 is 4.90 Å². The van der Waals surface area contributed by atoms with Crippen LogP contribution in [0.5, 0.6) is 0 Å². The van der Waals surface area contributed by atoms with Crippen molar-refractivity contribution < 1.29 is 4.42 Å². The molecule has 2 nitrogen and oxygen atoms in total. The van der Waals surface area contributed by atoms with Gasteiger partial charge in [0.2, 0.25) is 0 Å². The molecule has 0 spiro atoms. The average Bonchev–Trinajstić information content (AvgIpc) is 3.80. The summed E-state index contributed by atoms with van der Waals surface area (Å²) in [6.07, 6.45) is 0. The molecule has 11 rings (SSSR count). The summed E-state index contributed by atoms with van der Waals surface area (Å²) in [5.74, 6) is 0. The lowest BCUT2D eigenvalue weighted by atomic mass is 9.99. The van der Waals surface area contributed by atoms with Gasteiger partial charge in [0, 0.05) is 42.3 Å². The molecule has 2 aromatic heterocycles. The van der Waals surface area contributed by atoms with Crippen molar-refractivity contribution in [1.82, 2.24) is 0 Å². The number of anilines is 3. The van der Waals surface area contributed by atoms with Crippen LogP contribution in [0.3, 0.4) is 0 Å². The molecule has 0 unspecified atom stereocenters. The largest absolute Gasteiger partial charge is 0.454 e. The number of nitrogens with zero attached hydrogens (tertiary/aromatic N) is 1. The number of hydrogen-bond donors (Lipinski definition) is 0. The van der Waals surface area contributed by atoms with Gasteiger partial charge in [-0.2, -0.15) is 0 Å². The fourth-order valence-corrected chi connectivity index (χ4v) is 9.21. The molecule has 0 N–H and O–H groups in total. The third kappa shape index (κ3) is 4.93. The molecule has 11 aromatic rings. The second-order valence-corrected chi connectivity index (χ2v) is 14.8. The maximum atomic E-state index is 6.89. The topological polar surface area (TPSA) is 16.4 Å². The van der Waals surface area contributed by atoms with Gasteiger partial charge in [-0.1, -0.05) is 133 Å². The van der Waals surface area contributed by atoms with Crippen molar-refractivity contribution in [2.75, 3.05) is 4.90 Å². The van der Waals surface area contributed by atoms with Crippen LogP contribution in [0, 0.1) is 0 Å². The van der Waals surface area contributed by atoms with Gasteiger partial charge < -0.3 is 9.32 Å². The van der Waals surface area contributed by atoms with Crippen molar-refractivity contribution >= 4 is 92.1 Å². The van der Waals surface area contributed by atoms with Gasteiger partial charge in [0.1, 0.15) is 5.58 Å². The van der Waals surface area contributed by atoms with Crippen LogP contribution in [0.15, 0.2) is 192 Å². The molecule has 248 valence electrons. The average molecular weight is 694 g/mol. The Morgan fingerprint density at radius 3 is 1.81 bits per heavy atom. The standard InChI is InChI=1S/C50H31NOS/c1-2-10-32(11-3-1)35-20-24-40(25-21-35)51(41-26-22-34-13-5-7-15-37(34)29-41)45-31-44-43-30-39(38-19-18-33-12-4-6-14-36(33)28-38)23-27-47(43)53-50(44)48-42-16-8-9-17-46(42)52-49(45)48/h1-31H. The van der Waals surface area contributed by atoms with Crippen molar-refractivity contribution in [1.29, 1.82) is 0 Å². The highest BCUT2D eigenvalue weighted by molar-refractivity contribution is 7.26. The van der Waals surface area contributed by atoms with Crippen LogP contribution in [0.4, 0.5) is 17.1 Å². The zero-order valence-corrected chi connectivity index (χ0v) is 29.5. The summed E-state index contributed by atoms with van der Waals surface area (Å²) in [4.78, 5) is 2.38.